The Hall–Kier alpha value is -2.59. The van der Waals surface area contributed by atoms with E-state index in [1.54, 1.807) is 5.01 Å². The zero-order valence-corrected chi connectivity index (χ0v) is 19.7. The number of rotatable bonds is 6. The Balaban J connectivity index is 1.50. The Bertz CT molecular complexity index is 1010. The molecule has 0 bridgehead atoms. The minimum Gasteiger partial charge on any atom is -0.376 e. The number of hydrogen-bond donors (Lipinski definition) is 0. The maximum Gasteiger partial charge on any atom is 0.416 e. The number of piperidine rings is 2. The van der Waals surface area contributed by atoms with Crippen LogP contribution in [0.15, 0.2) is 48.5 Å². The predicted molar refractivity (Wildman–Crippen MR) is 121 cm³/mol. The van der Waals surface area contributed by atoms with Gasteiger partial charge in [-0.3, -0.25) is 9.80 Å². The molecule has 0 aliphatic carbocycles. The molecule has 36 heavy (non-hydrogen) atoms. The monoisotopic (exact) mass is 514 g/mol. The molecule has 0 N–H and O–H groups in total. The van der Waals surface area contributed by atoms with Crippen molar-refractivity contribution in [3.8, 4) is 0 Å². The van der Waals surface area contributed by atoms with Gasteiger partial charge in [-0.05, 0) is 55.0 Å². The number of nitrogens with zero attached hydrogens (tertiary/aromatic N) is 2. The zero-order chi connectivity index (χ0) is 26.0. The van der Waals surface area contributed by atoms with E-state index in [9.17, 15) is 31.1 Å². The quantitative estimate of drug-likeness (QED) is 0.431. The maximum atomic E-state index is 13.2. The fourth-order valence-corrected chi connectivity index (χ4v) is 5.03. The van der Waals surface area contributed by atoms with Gasteiger partial charge in [0.05, 0.1) is 24.3 Å². The molecule has 2 fully saturated rings. The number of halogens is 6. The number of hydrogen-bond acceptors (Lipinski definition) is 3. The van der Waals surface area contributed by atoms with E-state index in [-0.39, 0.29) is 30.8 Å². The first-order valence-electron chi connectivity index (χ1n) is 11.9. The molecule has 2 aliphatic heterocycles. The third-order valence-electron chi connectivity index (χ3n) is 7.02. The number of hydrazine groups is 1. The maximum absolute atomic E-state index is 13.2. The second kappa shape index (κ2) is 10.4. The van der Waals surface area contributed by atoms with Crippen molar-refractivity contribution in [3.05, 3.63) is 70.8 Å². The largest absolute Gasteiger partial charge is 0.416 e. The molecule has 2 aromatic rings. The Labute approximate surface area is 205 Å². The van der Waals surface area contributed by atoms with Gasteiger partial charge in [0.1, 0.15) is 0 Å². The van der Waals surface area contributed by atoms with Crippen molar-refractivity contribution in [2.45, 2.75) is 56.5 Å². The minimum atomic E-state index is -4.90. The third kappa shape index (κ3) is 6.03. The summed E-state index contributed by atoms with van der Waals surface area (Å²) in [6, 6.07) is 11.1. The highest BCUT2D eigenvalue weighted by Crippen LogP contribution is 2.39. The van der Waals surface area contributed by atoms with Crippen LogP contribution in [0.1, 0.15) is 54.4 Å². The topological polar surface area (TPSA) is 32.8 Å². The first-order valence-corrected chi connectivity index (χ1v) is 11.9. The van der Waals surface area contributed by atoms with E-state index in [1.807, 2.05) is 35.3 Å². The van der Waals surface area contributed by atoms with Gasteiger partial charge < -0.3 is 4.74 Å². The SMILES string of the molecule is O=C1CCCCN1N1CCC(COCc2cc(C(F)(F)F)cc(C(F)(F)F)c2)(c2ccccc2)CC1. The molecule has 0 atom stereocenters. The summed E-state index contributed by atoms with van der Waals surface area (Å²) in [5, 5.41) is 3.85. The summed E-state index contributed by atoms with van der Waals surface area (Å²) in [7, 11) is 0. The molecular formula is C26H28F6N2O2. The molecule has 196 valence electrons. The molecule has 0 saturated carbocycles. The second-order valence-electron chi connectivity index (χ2n) is 9.48. The number of ether oxygens (including phenoxy) is 1. The van der Waals surface area contributed by atoms with Crippen LogP contribution in [0, 0.1) is 0 Å². The van der Waals surface area contributed by atoms with E-state index < -0.39 is 28.9 Å². The van der Waals surface area contributed by atoms with Crippen molar-refractivity contribution in [1.82, 2.24) is 10.0 Å². The molecule has 0 spiro atoms. The van der Waals surface area contributed by atoms with E-state index in [1.165, 1.54) is 0 Å². The fourth-order valence-electron chi connectivity index (χ4n) is 5.03. The van der Waals surface area contributed by atoms with Crippen LogP contribution in [-0.4, -0.2) is 42.2 Å². The number of benzene rings is 2. The lowest BCUT2D eigenvalue weighted by atomic mass is 9.73. The molecule has 2 saturated heterocycles. The van der Waals surface area contributed by atoms with Crippen LogP contribution in [0.25, 0.3) is 0 Å². The lowest BCUT2D eigenvalue weighted by molar-refractivity contribution is -0.157. The first-order chi connectivity index (χ1) is 17.0. The van der Waals surface area contributed by atoms with E-state index in [2.05, 4.69) is 0 Å². The average molecular weight is 515 g/mol. The van der Waals surface area contributed by atoms with Crippen molar-refractivity contribution in [3.63, 3.8) is 0 Å². The van der Waals surface area contributed by atoms with Crippen molar-refractivity contribution < 1.29 is 35.9 Å². The Kier molecular flexibility index (Phi) is 7.66. The number of alkyl halides is 6. The van der Waals surface area contributed by atoms with Crippen LogP contribution in [0.2, 0.25) is 0 Å². The summed E-state index contributed by atoms with van der Waals surface area (Å²) in [6.07, 6.45) is -6.17. The summed E-state index contributed by atoms with van der Waals surface area (Å²) in [5.74, 6) is 0.106. The molecule has 10 heteroatoms. The van der Waals surface area contributed by atoms with Crippen LogP contribution in [0.4, 0.5) is 26.3 Å². The van der Waals surface area contributed by atoms with Crippen LogP contribution < -0.4 is 0 Å². The average Bonchev–Trinajstić information content (AvgIpc) is 2.84. The third-order valence-corrected chi connectivity index (χ3v) is 7.02. The molecule has 2 aliphatic rings. The van der Waals surface area contributed by atoms with Gasteiger partial charge in [-0.25, -0.2) is 5.01 Å². The lowest BCUT2D eigenvalue weighted by Gasteiger charge is -2.46. The highest BCUT2D eigenvalue weighted by atomic mass is 19.4. The predicted octanol–water partition coefficient (Wildman–Crippen LogP) is 6.20. The van der Waals surface area contributed by atoms with Crippen LogP contribution >= 0.6 is 0 Å². The molecule has 0 radical (unpaired) electrons. The number of carbonyl (C=O) groups excluding carboxylic acids is 1. The molecule has 4 nitrogen and oxygen atoms in total. The molecule has 0 aromatic heterocycles. The summed E-state index contributed by atoms with van der Waals surface area (Å²) >= 11 is 0. The van der Waals surface area contributed by atoms with Gasteiger partial charge in [0.15, 0.2) is 0 Å². The summed E-state index contributed by atoms with van der Waals surface area (Å²) in [6.45, 7) is 1.65. The first kappa shape index (κ1) is 26.5. The standard InChI is InChI=1S/C26H28F6N2O2/c27-25(28,29)21-14-19(15-22(16-21)26(30,31)32)17-36-18-24(20-6-2-1-3-7-20)9-12-33(13-10-24)34-11-5-4-8-23(34)35/h1-3,6-7,14-16H,4-5,8-13,17-18H2. The van der Waals surface area contributed by atoms with E-state index in [4.69, 9.17) is 4.74 Å². The number of amides is 1. The van der Waals surface area contributed by atoms with E-state index in [0.717, 1.165) is 18.4 Å². The molecule has 1 amide bonds. The van der Waals surface area contributed by atoms with Crippen molar-refractivity contribution in [1.29, 1.82) is 0 Å². The van der Waals surface area contributed by atoms with E-state index >= 15 is 0 Å². The van der Waals surface area contributed by atoms with Crippen LogP contribution in [-0.2, 0) is 33.9 Å². The summed E-state index contributed by atoms with van der Waals surface area (Å²) in [5.41, 5.74) is -2.36. The summed E-state index contributed by atoms with van der Waals surface area (Å²) < 4.78 is 85.1. The highest BCUT2D eigenvalue weighted by Gasteiger charge is 2.40. The van der Waals surface area contributed by atoms with Crippen LogP contribution in [0.5, 0.6) is 0 Å². The van der Waals surface area contributed by atoms with Crippen molar-refractivity contribution in [2.75, 3.05) is 26.2 Å². The molecule has 2 heterocycles. The summed E-state index contributed by atoms with van der Waals surface area (Å²) in [4.78, 5) is 12.3. The minimum absolute atomic E-state index is 0.106. The van der Waals surface area contributed by atoms with Gasteiger partial charge in [0, 0.05) is 31.5 Å². The normalized spacial score (nSPS) is 19.5. The van der Waals surface area contributed by atoms with Gasteiger partial charge in [0.25, 0.3) is 0 Å². The van der Waals surface area contributed by atoms with Crippen molar-refractivity contribution in [2.24, 2.45) is 0 Å². The Morgan fingerprint density at radius 2 is 1.44 bits per heavy atom. The Morgan fingerprint density at radius 1 is 0.833 bits per heavy atom. The second-order valence-corrected chi connectivity index (χ2v) is 9.48. The van der Waals surface area contributed by atoms with Gasteiger partial charge in [-0.15, -0.1) is 0 Å². The molecule has 4 rings (SSSR count). The van der Waals surface area contributed by atoms with Gasteiger partial charge in [-0.2, -0.15) is 26.3 Å². The van der Waals surface area contributed by atoms with Gasteiger partial charge in [0.2, 0.25) is 5.91 Å². The smallest absolute Gasteiger partial charge is 0.376 e. The number of carbonyl (C=O) groups is 1. The lowest BCUT2D eigenvalue weighted by Crippen LogP contribution is -2.55. The molecular weight excluding hydrogens is 486 g/mol. The van der Waals surface area contributed by atoms with E-state index in [0.29, 0.717) is 51.0 Å². The Morgan fingerprint density at radius 3 is 2.00 bits per heavy atom. The highest BCUT2D eigenvalue weighted by molar-refractivity contribution is 5.76. The zero-order valence-electron chi connectivity index (χ0n) is 19.7. The van der Waals surface area contributed by atoms with Crippen LogP contribution in [0.3, 0.4) is 0 Å². The van der Waals surface area contributed by atoms with Crippen molar-refractivity contribution >= 4 is 5.91 Å². The van der Waals surface area contributed by atoms with Gasteiger partial charge >= 0.3 is 12.4 Å². The fraction of sp³-hybridized carbons (Fsp3) is 0.500. The molecule has 0 unspecified atom stereocenters. The molecule has 2 aromatic carbocycles. The van der Waals surface area contributed by atoms with Gasteiger partial charge in [-0.1, -0.05) is 30.3 Å².